The zero-order chi connectivity index (χ0) is 15.9. The third-order valence-corrected chi connectivity index (χ3v) is 3.46. The zero-order valence-corrected chi connectivity index (χ0v) is 13.1. The van der Waals surface area contributed by atoms with Crippen molar-refractivity contribution < 1.29 is 28.6 Å². The van der Waals surface area contributed by atoms with Crippen LogP contribution in [0, 0.1) is 5.92 Å². The topological polar surface area (TPSA) is 105 Å². The number of thioether (sulfide) groups is 1. The van der Waals surface area contributed by atoms with Gasteiger partial charge in [-0.1, -0.05) is 13.8 Å². The van der Waals surface area contributed by atoms with Crippen molar-refractivity contribution >= 4 is 29.0 Å². The number of ether oxygens (including phenoxy) is 3. The minimum absolute atomic E-state index is 0.300. The fourth-order valence-corrected chi connectivity index (χ4v) is 1.78. The molecule has 0 aliphatic rings. The van der Waals surface area contributed by atoms with E-state index < -0.39 is 34.8 Å². The van der Waals surface area contributed by atoms with Crippen molar-refractivity contribution in [1.82, 2.24) is 0 Å². The Balaban J connectivity index is 4.25. The molecule has 0 aromatic heterocycles. The third-order valence-electron chi connectivity index (χ3n) is 2.40. The number of carbonyl (C=O) groups is 3. The predicted octanol–water partition coefficient (Wildman–Crippen LogP) is 1.29. The minimum Gasteiger partial charge on any atom is -0.468 e. The van der Waals surface area contributed by atoms with E-state index in [-0.39, 0.29) is 5.92 Å². The van der Waals surface area contributed by atoms with Crippen molar-refractivity contribution in [3.05, 3.63) is 0 Å². The Bertz CT molecular complexity index is 369. The molecule has 0 fully saturated rings. The van der Waals surface area contributed by atoms with Gasteiger partial charge in [-0.15, -0.1) is 0 Å². The Morgan fingerprint density at radius 2 is 1.70 bits per heavy atom. The highest BCUT2D eigenvalue weighted by molar-refractivity contribution is 8.14. The van der Waals surface area contributed by atoms with Gasteiger partial charge in [-0.2, -0.15) is 0 Å². The predicted molar refractivity (Wildman–Crippen MR) is 73.9 cm³/mol. The van der Waals surface area contributed by atoms with E-state index in [0.29, 0.717) is 0 Å². The molecule has 0 unspecified atom stereocenters. The van der Waals surface area contributed by atoms with Crippen LogP contribution in [0.25, 0.3) is 0 Å². The maximum atomic E-state index is 11.6. The molecule has 2 N–H and O–H groups in total. The van der Waals surface area contributed by atoms with Gasteiger partial charge in [-0.25, -0.2) is 4.79 Å². The molecule has 0 aliphatic carbocycles. The van der Waals surface area contributed by atoms with Crippen LogP contribution in [0.1, 0.15) is 27.7 Å². The third kappa shape index (κ3) is 6.25. The van der Waals surface area contributed by atoms with Crippen molar-refractivity contribution in [2.45, 2.75) is 38.5 Å². The van der Waals surface area contributed by atoms with E-state index in [1.165, 1.54) is 7.11 Å². The molecular weight excluding hydrogens is 286 g/mol. The second-order valence-electron chi connectivity index (χ2n) is 4.84. The molecular formula is C12H21NO6S. The number of hydrogen-bond acceptors (Lipinski definition) is 8. The van der Waals surface area contributed by atoms with E-state index in [0.717, 1.165) is 11.8 Å². The molecule has 116 valence electrons. The maximum absolute atomic E-state index is 11.6. The lowest BCUT2D eigenvalue weighted by molar-refractivity contribution is -0.155. The van der Waals surface area contributed by atoms with Gasteiger partial charge in [0, 0.05) is 4.75 Å². The van der Waals surface area contributed by atoms with E-state index in [1.807, 2.05) is 0 Å². The summed E-state index contributed by atoms with van der Waals surface area (Å²) >= 11 is 0.735. The van der Waals surface area contributed by atoms with Gasteiger partial charge in [0.1, 0.15) is 6.04 Å². The highest BCUT2D eigenvalue weighted by Crippen LogP contribution is 2.29. The Kier molecular flexibility index (Phi) is 7.59. The lowest BCUT2D eigenvalue weighted by atomic mass is 10.1. The Morgan fingerprint density at radius 1 is 1.15 bits per heavy atom. The molecule has 7 nitrogen and oxygen atoms in total. The summed E-state index contributed by atoms with van der Waals surface area (Å²) in [5, 5.41) is -0.689. The molecule has 0 saturated carbocycles. The van der Waals surface area contributed by atoms with E-state index in [9.17, 15) is 14.4 Å². The normalized spacial score (nSPS) is 12.8. The lowest BCUT2D eigenvalue weighted by Gasteiger charge is -2.27. The second kappa shape index (κ2) is 8.11. The van der Waals surface area contributed by atoms with Gasteiger partial charge >= 0.3 is 17.2 Å². The summed E-state index contributed by atoms with van der Waals surface area (Å²) in [6.45, 7) is 6.09. The van der Waals surface area contributed by atoms with E-state index in [4.69, 9.17) is 15.2 Å². The summed E-state index contributed by atoms with van der Waals surface area (Å²) in [7, 11) is 1.21. The first kappa shape index (κ1) is 18.7. The number of nitrogens with two attached hydrogens (primary N) is 1. The number of methoxy groups -OCH3 is 1. The molecule has 0 amide bonds. The van der Waals surface area contributed by atoms with Crippen LogP contribution in [0.2, 0.25) is 0 Å². The fraction of sp³-hybridized carbons (Fsp3) is 0.750. The van der Waals surface area contributed by atoms with Gasteiger partial charge < -0.3 is 19.9 Å². The standard InChI is InChI=1S/C12H21NO6S/c1-7(2)9(14)18-6-19-11(16)20-12(3,4)8(13)10(15)17-5/h7-8H,6,13H2,1-5H3/t8-/m0/s1. The monoisotopic (exact) mass is 307 g/mol. The second-order valence-corrected chi connectivity index (χ2v) is 6.43. The van der Waals surface area contributed by atoms with Crippen LogP contribution in [0.4, 0.5) is 4.79 Å². The summed E-state index contributed by atoms with van der Waals surface area (Å²) in [4.78, 5) is 34.0. The first-order valence-corrected chi connectivity index (χ1v) is 6.79. The van der Waals surface area contributed by atoms with Gasteiger partial charge in [-0.05, 0) is 25.6 Å². The summed E-state index contributed by atoms with van der Waals surface area (Å²) < 4.78 is 13.0. The molecule has 0 aliphatic heterocycles. The molecule has 0 aromatic rings. The van der Waals surface area contributed by atoms with Crippen molar-refractivity contribution in [3.8, 4) is 0 Å². The van der Waals surface area contributed by atoms with Crippen LogP contribution >= 0.6 is 11.8 Å². The Hall–Kier alpha value is -1.28. The van der Waals surface area contributed by atoms with E-state index >= 15 is 0 Å². The SMILES string of the molecule is COC(=O)[C@H](N)C(C)(C)SC(=O)OCOC(=O)C(C)C. The quantitative estimate of drug-likeness (QED) is 0.578. The van der Waals surface area contributed by atoms with Crippen molar-refractivity contribution in [2.24, 2.45) is 11.7 Å². The number of rotatable bonds is 6. The Morgan fingerprint density at radius 3 is 2.15 bits per heavy atom. The molecule has 0 radical (unpaired) electrons. The van der Waals surface area contributed by atoms with Crippen LogP contribution in [-0.4, -0.2) is 41.9 Å². The van der Waals surface area contributed by atoms with Crippen LogP contribution in [-0.2, 0) is 23.8 Å². The van der Waals surface area contributed by atoms with Gasteiger partial charge in [0.15, 0.2) is 0 Å². The van der Waals surface area contributed by atoms with Crippen LogP contribution < -0.4 is 5.73 Å². The molecule has 0 aromatic carbocycles. The number of hydrogen-bond donors (Lipinski definition) is 1. The van der Waals surface area contributed by atoms with Gasteiger partial charge in [-0.3, -0.25) is 9.59 Å². The smallest absolute Gasteiger partial charge is 0.370 e. The summed E-state index contributed by atoms with van der Waals surface area (Å²) in [6, 6.07) is -0.983. The molecule has 0 rings (SSSR count). The number of carbonyl (C=O) groups excluding carboxylic acids is 3. The average Bonchev–Trinajstić information content (AvgIpc) is 2.35. The molecule has 20 heavy (non-hydrogen) atoms. The summed E-state index contributed by atoms with van der Waals surface area (Å²) in [5.74, 6) is -1.39. The average molecular weight is 307 g/mol. The molecule has 8 heteroatoms. The maximum Gasteiger partial charge on any atom is 0.370 e. The van der Waals surface area contributed by atoms with Gasteiger partial charge in [0.25, 0.3) is 0 Å². The van der Waals surface area contributed by atoms with Crippen molar-refractivity contribution in [1.29, 1.82) is 0 Å². The van der Waals surface area contributed by atoms with Crippen LogP contribution in [0.3, 0.4) is 0 Å². The molecule has 1 atom stereocenters. The first-order chi connectivity index (χ1) is 9.11. The molecule has 0 heterocycles. The molecule has 0 spiro atoms. The highest BCUT2D eigenvalue weighted by Gasteiger charge is 2.36. The van der Waals surface area contributed by atoms with Crippen LogP contribution in [0.5, 0.6) is 0 Å². The summed E-state index contributed by atoms with van der Waals surface area (Å²) in [5.41, 5.74) is 5.68. The molecule has 0 saturated heterocycles. The van der Waals surface area contributed by atoms with Crippen molar-refractivity contribution in [3.63, 3.8) is 0 Å². The van der Waals surface area contributed by atoms with Crippen molar-refractivity contribution in [2.75, 3.05) is 13.9 Å². The fourth-order valence-electron chi connectivity index (χ4n) is 1.02. The van der Waals surface area contributed by atoms with Crippen LogP contribution in [0.15, 0.2) is 0 Å². The zero-order valence-electron chi connectivity index (χ0n) is 12.3. The minimum atomic E-state index is -0.983. The van der Waals surface area contributed by atoms with E-state index in [2.05, 4.69) is 4.74 Å². The number of esters is 2. The van der Waals surface area contributed by atoms with Gasteiger partial charge in [0.2, 0.25) is 6.79 Å². The molecule has 0 bridgehead atoms. The largest absolute Gasteiger partial charge is 0.468 e. The Labute approximate surface area is 122 Å². The first-order valence-electron chi connectivity index (χ1n) is 5.97. The summed E-state index contributed by atoms with van der Waals surface area (Å²) in [6.07, 6.45) is 0. The highest BCUT2D eigenvalue weighted by atomic mass is 32.2. The van der Waals surface area contributed by atoms with E-state index in [1.54, 1.807) is 27.7 Å². The van der Waals surface area contributed by atoms with Gasteiger partial charge in [0.05, 0.1) is 13.0 Å². The lowest BCUT2D eigenvalue weighted by Crippen LogP contribution is -2.48.